The largest absolute Gasteiger partial charge is 0.394 e. The number of rotatable bonds is 6. The number of aromatic nitrogens is 4. The number of nitrogens with one attached hydrogen (secondary N) is 1. The molecule has 0 unspecified atom stereocenters. The second-order valence-electron chi connectivity index (χ2n) is 8.38. The van der Waals surface area contributed by atoms with Crippen LogP contribution in [-0.2, 0) is 11.3 Å². The van der Waals surface area contributed by atoms with Crippen LogP contribution in [0.3, 0.4) is 0 Å². The summed E-state index contributed by atoms with van der Waals surface area (Å²) in [7, 11) is 0. The van der Waals surface area contributed by atoms with E-state index in [2.05, 4.69) is 15.4 Å². The standard InChI is InChI=1S/C24H23Cl2N5O3/c25-18-4-2-1-3-16(18)14-31-20-5-8-30(23(33)17(20)12-28-31)21-11-22(27-13-19(21)26)29-24(15-32)6-9-34-10-7-24/h1-5,8,11-13,32H,6-7,9-10,14-15H2,(H,27,29). The average molecular weight is 500 g/mol. The molecule has 34 heavy (non-hydrogen) atoms. The molecule has 1 saturated heterocycles. The van der Waals surface area contributed by atoms with Crippen LogP contribution in [0.2, 0.25) is 10.0 Å². The number of ether oxygens (including phenoxy) is 1. The van der Waals surface area contributed by atoms with Crippen molar-refractivity contribution < 1.29 is 9.84 Å². The first-order chi connectivity index (χ1) is 16.5. The van der Waals surface area contributed by atoms with E-state index in [1.807, 2.05) is 30.3 Å². The molecular formula is C24H23Cl2N5O3. The minimum Gasteiger partial charge on any atom is -0.394 e. The Kier molecular flexibility index (Phi) is 6.31. The number of hydrogen-bond donors (Lipinski definition) is 2. The molecule has 2 N–H and O–H groups in total. The molecular weight excluding hydrogens is 477 g/mol. The Morgan fingerprint density at radius 1 is 1.12 bits per heavy atom. The maximum Gasteiger partial charge on any atom is 0.266 e. The van der Waals surface area contributed by atoms with Gasteiger partial charge in [0.05, 0.1) is 52.7 Å². The normalized spacial score (nSPS) is 15.5. The van der Waals surface area contributed by atoms with Crippen molar-refractivity contribution in [3.63, 3.8) is 0 Å². The number of fused-ring (bicyclic) bond motifs is 1. The lowest BCUT2D eigenvalue weighted by Gasteiger charge is -2.36. The third kappa shape index (κ3) is 4.30. The molecule has 0 bridgehead atoms. The Balaban J connectivity index is 1.50. The van der Waals surface area contributed by atoms with Gasteiger partial charge in [0, 0.05) is 30.5 Å². The predicted molar refractivity (Wildman–Crippen MR) is 132 cm³/mol. The fraction of sp³-hybridized carbons (Fsp3) is 0.292. The quantitative estimate of drug-likeness (QED) is 0.417. The number of aliphatic hydroxyl groups excluding tert-OH is 1. The summed E-state index contributed by atoms with van der Waals surface area (Å²) >= 11 is 12.7. The molecule has 0 amide bonds. The molecule has 1 aromatic carbocycles. The monoisotopic (exact) mass is 499 g/mol. The van der Waals surface area contributed by atoms with Crippen LogP contribution in [0.1, 0.15) is 18.4 Å². The number of hydrogen-bond acceptors (Lipinski definition) is 6. The lowest BCUT2D eigenvalue weighted by molar-refractivity contribution is 0.0378. The maximum absolute atomic E-state index is 13.4. The van der Waals surface area contributed by atoms with E-state index in [9.17, 15) is 9.90 Å². The maximum atomic E-state index is 13.4. The SMILES string of the molecule is O=c1c2cnn(Cc3ccccc3Cl)c2ccn1-c1cc(NC2(CO)CCOCC2)ncc1Cl. The van der Waals surface area contributed by atoms with Gasteiger partial charge in [0.2, 0.25) is 0 Å². The number of halogens is 2. The molecule has 0 atom stereocenters. The van der Waals surface area contributed by atoms with Crippen LogP contribution in [-0.4, -0.2) is 49.8 Å². The van der Waals surface area contributed by atoms with Gasteiger partial charge in [0.15, 0.2) is 0 Å². The summed E-state index contributed by atoms with van der Waals surface area (Å²) in [5.41, 5.74) is 1.34. The third-order valence-corrected chi connectivity index (χ3v) is 6.89. The summed E-state index contributed by atoms with van der Waals surface area (Å²) in [4.78, 5) is 17.7. The molecule has 0 radical (unpaired) electrons. The highest BCUT2D eigenvalue weighted by molar-refractivity contribution is 6.32. The number of aliphatic hydroxyl groups is 1. The molecule has 8 nitrogen and oxygen atoms in total. The first-order valence-electron chi connectivity index (χ1n) is 10.9. The fourth-order valence-corrected chi connectivity index (χ4v) is 4.61. The minimum absolute atomic E-state index is 0.0491. The Morgan fingerprint density at radius 3 is 2.68 bits per heavy atom. The van der Waals surface area contributed by atoms with E-state index in [1.54, 1.807) is 23.1 Å². The van der Waals surface area contributed by atoms with E-state index in [4.69, 9.17) is 27.9 Å². The highest BCUT2D eigenvalue weighted by Crippen LogP contribution is 2.28. The lowest BCUT2D eigenvalue weighted by atomic mass is 9.91. The summed E-state index contributed by atoms with van der Waals surface area (Å²) in [6.45, 7) is 1.51. The zero-order valence-electron chi connectivity index (χ0n) is 18.2. The molecule has 1 fully saturated rings. The van der Waals surface area contributed by atoms with Crippen LogP contribution in [0, 0.1) is 0 Å². The van der Waals surface area contributed by atoms with Crippen LogP contribution < -0.4 is 10.9 Å². The van der Waals surface area contributed by atoms with Gasteiger partial charge in [-0.05, 0) is 30.5 Å². The molecule has 176 valence electrons. The molecule has 0 saturated carbocycles. The van der Waals surface area contributed by atoms with Gasteiger partial charge in [0.1, 0.15) is 5.82 Å². The van der Waals surface area contributed by atoms with Gasteiger partial charge in [-0.25, -0.2) is 4.98 Å². The van der Waals surface area contributed by atoms with E-state index in [-0.39, 0.29) is 12.2 Å². The minimum atomic E-state index is -0.523. The predicted octanol–water partition coefficient (Wildman–Crippen LogP) is 3.89. The van der Waals surface area contributed by atoms with Crippen LogP contribution >= 0.6 is 23.2 Å². The number of pyridine rings is 2. The van der Waals surface area contributed by atoms with Gasteiger partial charge in [0.25, 0.3) is 5.56 Å². The summed E-state index contributed by atoms with van der Waals surface area (Å²) in [5.74, 6) is 0.525. The Bertz CT molecular complexity index is 1400. The van der Waals surface area contributed by atoms with Crippen molar-refractivity contribution in [1.82, 2.24) is 19.3 Å². The Hall–Kier alpha value is -2.91. The molecule has 0 spiro atoms. The second kappa shape index (κ2) is 9.38. The van der Waals surface area contributed by atoms with Crippen LogP contribution in [0.15, 0.2) is 59.8 Å². The molecule has 1 aliphatic rings. The van der Waals surface area contributed by atoms with Crippen LogP contribution in [0.4, 0.5) is 5.82 Å². The third-order valence-electron chi connectivity index (χ3n) is 6.23. The van der Waals surface area contributed by atoms with Gasteiger partial charge in [-0.3, -0.25) is 14.0 Å². The van der Waals surface area contributed by atoms with Crippen LogP contribution in [0.25, 0.3) is 16.6 Å². The molecule has 4 heterocycles. The first-order valence-corrected chi connectivity index (χ1v) is 11.7. The fourth-order valence-electron chi connectivity index (χ4n) is 4.22. The molecule has 5 rings (SSSR count). The zero-order valence-corrected chi connectivity index (χ0v) is 19.8. The first kappa shape index (κ1) is 22.9. The summed E-state index contributed by atoms with van der Waals surface area (Å²) in [5, 5.41) is 19.2. The van der Waals surface area contributed by atoms with Crippen LogP contribution in [0.5, 0.6) is 0 Å². The highest BCUT2D eigenvalue weighted by Gasteiger charge is 2.32. The van der Waals surface area contributed by atoms with Gasteiger partial charge < -0.3 is 15.2 Å². The second-order valence-corrected chi connectivity index (χ2v) is 9.19. The highest BCUT2D eigenvalue weighted by atomic mass is 35.5. The molecule has 10 heteroatoms. The van der Waals surface area contributed by atoms with Gasteiger partial charge in [-0.1, -0.05) is 41.4 Å². The molecule has 0 aliphatic carbocycles. The Morgan fingerprint density at radius 2 is 1.91 bits per heavy atom. The van der Waals surface area contributed by atoms with E-state index in [0.29, 0.717) is 65.1 Å². The van der Waals surface area contributed by atoms with Crippen molar-refractivity contribution in [2.75, 3.05) is 25.1 Å². The topological polar surface area (TPSA) is 94.2 Å². The van der Waals surface area contributed by atoms with E-state index in [0.717, 1.165) is 5.56 Å². The number of anilines is 1. The Labute approximate surface area is 205 Å². The van der Waals surface area contributed by atoms with Crippen molar-refractivity contribution in [2.24, 2.45) is 0 Å². The van der Waals surface area contributed by atoms with Crippen molar-refractivity contribution in [3.05, 3.63) is 81.0 Å². The van der Waals surface area contributed by atoms with Crippen molar-refractivity contribution >= 4 is 39.9 Å². The van der Waals surface area contributed by atoms with Gasteiger partial charge >= 0.3 is 0 Å². The van der Waals surface area contributed by atoms with Gasteiger partial charge in [-0.2, -0.15) is 5.10 Å². The van der Waals surface area contributed by atoms with Crippen molar-refractivity contribution in [1.29, 1.82) is 0 Å². The van der Waals surface area contributed by atoms with E-state index < -0.39 is 5.54 Å². The summed E-state index contributed by atoms with van der Waals surface area (Å²) in [6.07, 6.45) is 6.04. The summed E-state index contributed by atoms with van der Waals surface area (Å²) < 4.78 is 8.66. The number of nitrogens with zero attached hydrogens (tertiary/aromatic N) is 4. The molecule has 3 aromatic heterocycles. The lowest BCUT2D eigenvalue weighted by Crippen LogP contribution is -2.47. The summed E-state index contributed by atoms with van der Waals surface area (Å²) in [6, 6.07) is 11.1. The van der Waals surface area contributed by atoms with Gasteiger partial charge in [-0.15, -0.1) is 0 Å². The van der Waals surface area contributed by atoms with Crippen molar-refractivity contribution in [3.8, 4) is 5.69 Å². The molecule has 1 aliphatic heterocycles. The van der Waals surface area contributed by atoms with E-state index >= 15 is 0 Å². The number of benzene rings is 1. The molecule has 4 aromatic rings. The zero-order chi connectivity index (χ0) is 23.7. The van der Waals surface area contributed by atoms with Crippen molar-refractivity contribution in [2.45, 2.75) is 24.9 Å². The van der Waals surface area contributed by atoms with E-state index in [1.165, 1.54) is 10.8 Å². The smallest absolute Gasteiger partial charge is 0.266 e. The average Bonchev–Trinajstić information content (AvgIpc) is 3.26.